The minimum Gasteiger partial charge on any atom is -0.297 e. The third-order valence-corrected chi connectivity index (χ3v) is 2.38. The molecule has 1 fully saturated rings. The molecule has 0 bridgehead atoms. The molecule has 0 radical (unpaired) electrons. The maximum atomic E-state index is 11.4. The highest BCUT2D eigenvalue weighted by Crippen LogP contribution is 2.29. The number of hydrogen-bond donors (Lipinski definition) is 0. The average Bonchev–Trinajstić information content (AvgIpc) is 2.92. The number of Topliss-reactive ketones (excluding diaryl/α,β-unsaturated/α-hetero) is 1. The molecular weight excluding hydrogens is 180 g/mol. The van der Waals surface area contributed by atoms with Gasteiger partial charge < -0.3 is 0 Å². The predicted octanol–water partition coefficient (Wildman–Crippen LogP) is 0.531. The number of nitrogens with zero attached hydrogens (tertiary/aromatic N) is 2. The van der Waals surface area contributed by atoms with E-state index in [0.717, 1.165) is 12.8 Å². The Labute approximate surface area is 81.6 Å². The number of ketones is 1. The minimum absolute atomic E-state index is 0.147. The van der Waals surface area contributed by atoms with Crippen LogP contribution in [0.3, 0.4) is 0 Å². The van der Waals surface area contributed by atoms with Crippen LogP contribution in [0.25, 0.3) is 0 Å². The van der Waals surface area contributed by atoms with Crippen molar-refractivity contribution >= 4 is 5.78 Å². The molecule has 0 aliphatic heterocycles. The molecule has 0 saturated heterocycles. The van der Waals surface area contributed by atoms with Crippen molar-refractivity contribution in [2.24, 2.45) is 5.92 Å². The van der Waals surface area contributed by atoms with Gasteiger partial charge in [0, 0.05) is 17.7 Å². The van der Waals surface area contributed by atoms with E-state index in [0.29, 0.717) is 5.69 Å². The first-order chi connectivity index (χ1) is 6.66. The standard InChI is InChI=1S/C10H12N2O2/c1-7-4-10(14)12(6-11-7)5-9(13)8-2-3-8/h4,6,8H,2-3,5H2,1H3. The van der Waals surface area contributed by atoms with Crippen LogP contribution in [0, 0.1) is 12.8 Å². The van der Waals surface area contributed by atoms with Gasteiger partial charge in [-0.2, -0.15) is 0 Å². The second-order valence-corrected chi connectivity index (χ2v) is 3.74. The quantitative estimate of drug-likeness (QED) is 0.702. The van der Waals surface area contributed by atoms with Crippen molar-refractivity contribution in [3.8, 4) is 0 Å². The van der Waals surface area contributed by atoms with Gasteiger partial charge in [0.2, 0.25) is 0 Å². The van der Waals surface area contributed by atoms with Gasteiger partial charge in [0.25, 0.3) is 5.56 Å². The van der Waals surface area contributed by atoms with E-state index in [2.05, 4.69) is 4.98 Å². The number of aromatic nitrogens is 2. The number of rotatable bonds is 3. The molecule has 0 aromatic carbocycles. The van der Waals surface area contributed by atoms with Crippen LogP contribution in [-0.4, -0.2) is 15.3 Å². The van der Waals surface area contributed by atoms with Gasteiger partial charge in [-0.3, -0.25) is 14.2 Å². The van der Waals surface area contributed by atoms with E-state index >= 15 is 0 Å². The van der Waals surface area contributed by atoms with Crippen LogP contribution < -0.4 is 5.56 Å². The molecule has 74 valence electrons. The zero-order valence-corrected chi connectivity index (χ0v) is 8.06. The van der Waals surface area contributed by atoms with Gasteiger partial charge in [0.15, 0.2) is 5.78 Å². The van der Waals surface area contributed by atoms with Gasteiger partial charge in [-0.05, 0) is 19.8 Å². The van der Waals surface area contributed by atoms with Gasteiger partial charge in [-0.15, -0.1) is 0 Å². The molecule has 14 heavy (non-hydrogen) atoms. The molecule has 1 saturated carbocycles. The fourth-order valence-corrected chi connectivity index (χ4v) is 1.34. The fraction of sp³-hybridized carbons (Fsp3) is 0.500. The minimum atomic E-state index is -0.147. The SMILES string of the molecule is Cc1cc(=O)n(CC(=O)C2CC2)cn1. The molecule has 2 rings (SSSR count). The van der Waals surface area contributed by atoms with Gasteiger partial charge in [-0.25, -0.2) is 4.98 Å². The second kappa shape index (κ2) is 3.36. The van der Waals surface area contributed by atoms with E-state index < -0.39 is 0 Å². The Hall–Kier alpha value is -1.45. The lowest BCUT2D eigenvalue weighted by molar-refractivity contribution is -0.120. The monoisotopic (exact) mass is 192 g/mol. The third kappa shape index (κ3) is 1.89. The van der Waals surface area contributed by atoms with Crippen LogP contribution in [0.2, 0.25) is 0 Å². The first-order valence-corrected chi connectivity index (χ1v) is 4.72. The average molecular weight is 192 g/mol. The molecule has 1 aromatic heterocycles. The Morgan fingerprint density at radius 3 is 2.93 bits per heavy atom. The summed E-state index contributed by atoms with van der Waals surface area (Å²) in [7, 11) is 0. The summed E-state index contributed by atoms with van der Waals surface area (Å²) in [5.74, 6) is 0.348. The van der Waals surface area contributed by atoms with Crippen LogP contribution in [0.1, 0.15) is 18.5 Å². The normalized spacial score (nSPS) is 15.5. The molecule has 1 aliphatic rings. The van der Waals surface area contributed by atoms with E-state index in [1.807, 2.05) is 0 Å². The van der Waals surface area contributed by atoms with Crippen LogP contribution in [0.15, 0.2) is 17.2 Å². The smallest absolute Gasteiger partial charge is 0.253 e. The highest BCUT2D eigenvalue weighted by atomic mass is 16.1. The molecule has 0 spiro atoms. The van der Waals surface area contributed by atoms with Gasteiger partial charge >= 0.3 is 0 Å². The number of aryl methyl sites for hydroxylation is 1. The molecule has 1 aromatic rings. The highest BCUT2D eigenvalue weighted by Gasteiger charge is 2.29. The number of carbonyl (C=O) groups excluding carboxylic acids is 1. The first kappa shape index (κ1) is 9.12. The van der Waals surface area contributed by atoms with E-state index in [-0.39, 0.29) is 23.8 Å². The number of carbonyl (C=O) groups is 1. The van der Waals surface area contributed by atoms with Gasteiger partial charge in [0.1, 0.15) is 0 Å². The molecule has 0 amide bonds. The lowest BCUT2D eigenvalue weighted by Crippen LogP contribution is -2.24. The summed E-state index contributed by atoms with van der Waals surface area (Å²) < 4.78 is 1.37. The molecule has 4 heteroatoms. The molecule has 1 aliphatic carbocycles. The lowest BCUT2D eigenvalue weighted by atomic mass is 10.2. The number of hydrogen-bond acceptors (Lipinski definition) is 3. The maximum Gasteiger partial charge on any atom is 0.253 e. The lowest BCUT2D eigenvalue weighted by Gasteiger charge is -2.02. The Bertz CT molecular complexity index is 418. The molecule has 0 atom stereocenters. The van der Waals surface area contributed by atoms with Crippen LogP contribution in [0.4, 0.5) is 0 Å². The zero-order valence-electron chi connectivity index (χ0n) is 8.06. The van der Waals surface area contributed by atoms with Crippen molar-refractivity contribution in [2.75, 3.05) is 0 Å². The van der Waals surface area contributed by atoms with Crippen LogP contribution in [-0.2, 0) is 11.3 Å². The van der Waals surface area contributed by atoms with Crippen molar-refractivity contribution in [3.63, 3.8) is 0 Å². The van der Waals surface area contributed by atoms with Crippen LogP contribution in [0.5, 0.6) is 0 Å². The van der Waals surface area contributed by atoms with Crippen molar-refractivity contribution < 1.29 is 4.79 Å². The van der Waals surface area contributed by atoms with Crippen molar-refractivity contribution in [1.82, 2.24) is 9.55 Å². The predicted molar refractivity (Wildman–Crippen MR) is 51.0 cm³/mol. The summed E-state index contributed by atoms with van der Waals surface area (Å²) in [5.41, 5.74) is 0.539. The summed E-state index contributed by atoms with van der Waals surface area (Å²) >= 11 is 0. The van der Waals surface area contributed by atoms with E-state index in [4.69, 9.17) is 0 Å². The van der Waals surface area contributed by atoms with Crippen LogP contribution >= 0.6 is 0 Å². The van der Waals surface area contributed by atoms with Crippen molar-refractivity contribution in [3.05, 3.63) is 28.4 Å². The summed E-state index contributed by atoms with van der Waals surface area (Å²) in [5, 5.41) is 0. The molecule has 0 unspecified atom stereocenters. The second-order valence-electron chi connectivity index (χ2n) is 3.74. The fourth-order valence-electron chi connectivity index (χ4n) is 1.34. The largest absolute Gasteiger partial charge is 0.297 e. The Kier molecular flexibility index (Phi) is 2.19. The molecule has 0 N–H and O–H groups in total. The maximum absolute atomic E-state index is 11.4. The topological polar surface area (TPSA) is 52.0 Å². The summed E-state index contributed by atoms with van der Waals surface area (Å²) in [6, 6.07) is 1.44. The van der Waals surface area contributed by atoms with Crippen molar-refractivity contribution in [2.45, 2.75) is 26.3 Å². The van der Waals surface area contributed by atoms with E-state index in [1.165, 1.54) is 17.0 Å². The Morgan fingerprint density at radius 2 is 2.36 bits per heavy atom. The summed E-state index contributed by atoms with van der Waals surface area (Å²) in [6.07, 6.45) is 3.40. The molecule has 4 nitrogen and oxygen atoms in total. The van der Waals surface area contributed by atoms with Gasteiger partial charge in [-0.1, -0.05) is 0 Å². The zero-order chi connectivity index (χ0) is 10.1. The highest BCUT2D eigenvalue weighted by molar-refractivity contribution is 5.82. The van der Waals surface area contributed by atoms with E-state index in [9.17, 15) is 9.59 Å². The first-order valence-electron chi connectivity index (χ1n) is 4.72. The van der Waals surface area contributed by atoms with E-state index in [1.54, 1.807) is 6.92 Å². The third-order valence-electron chi connectivity index (χ3n) is 2.38. The summed E-state index contributed by atoms with van der Waals surface area (Å²) in [4.78, 5) is 26.8. The Balaban J connectivity index is 2.16. The summed E-state index contributed by atoms with van der Waals surface area (Å²) in [6.45, 7) is 1.94. The Morgan fingerprint density at radius 1 is 1.64 bits per heavy atom. The molecular formula is C10H12N2O2. The molecule has 1 heterocycles. The van der Waals surface area contributed by atoms with Gasteiger partial charge in [0.05, 0.1) is 12.9 Å². The van der Waals surface area contributed by atoms with Crippen molar-refractivity contribution in [1.29, 1.82) is 0 Å².